The Morgan fingerprint density at radius 2 is 1.95 bits per heavy atom. The summed E-state index contributed by atoms with van der Waals surface area (Å²) in [7, 11) is 0. The Hall–Kier alpha value is -1.50. The van der Waals surface area contributed by atoms with Crippen LogP contribution in [0, 0.1) is 0 Å². The van der Waals surface area contributed by atoms with Gasteiger partial charge in [0.1, 0.15) is 0 Å². The minimum atomic E-state index is -0.308. The van der Waals surface area contributed by atoms with E-state index in [1.165, 1.54) is 0 Å². The van der Waals surface area contributed by atoms with Gasteiger partial charge in [0.05, 0.1) is 0 Å². The molecule has 2 N–H and O–H groups in total. The second-order valence-electron chi connectivity index (χ2n) is 5.34. The predicted molar refractivity (Wildman–Crippen MR) is 86.2 cm³/mol. The van der Waals surface area contributed by atoms with Gasteiger partial charge in [0, 0.05) is 37.3 Å². The van der Waals surface area contributed by atoms with E-state index in [1.807, 2.05) is 20.8 Å². The zero-order valence-electron chi connectivity index (χ0n) is 13.0. The van der Waals surface area contributed by atoms with E-state index < -0.39 is 0 Å². The lowest BCUT2D eigenvalue weighted by atomic mass is 10.1. The van der Waals surface area contributed by atoms with Crippen LogP contribution in [0.3, 0.4) is 0 Å². The Bertz CT molecular complexity index is 367. The van der Waals surface area contributed by atoms with Gasteiger partial charge in [-0.05, 0) is 20.8 Å². The zero-order valence-corrected chi connectivity index (χ0v) is 13.8. The lowest BCUT2D eigenvalue weighted by Gasteiger charge is -2.34. The van der Waals surface area contributed by atoms with Gasteiger partial charge in [-0.15, -0.1) is 6.58 Å². The summed E-state index contributed by atoms with van der Waals surface area (Å²) in [4.78, 5) is 35.3. The van der Waals surface area contributed by atoms with Gasteiger partial charge in [0.15, 0.2) is 5.12 Å². The van der Waals surface area contributed by atoms with Gasteiger partial charge < -0.3 is 15.5 Å². The molecular weight excluding hydrogens is 290 g/mol. The number of nitrogens with one attached hydrogen (secondary N) is 2. The number of thioether (sulfide) groups is 1. The van der Waals surface area contributed by atoms with E-state index in [-0.39, 0.29) is 23.1 Å². The molecule has 0 aromatic heterocycles. The van der Waals surface area contributed by atoms with E-state index in [1.54, 1.807) is 11.0 Å². The average molecular weight is 315 g/mol. The lowest BCUT2D eigenvalue weighted by molar-refractivity contribution is -0.111. The fourth-order valence-electron chi connectivity index (χ4n) is 1.51. The Labute approximate surface area is 130 Å². The smallest absolute Gasteiger partial charge is 0.318 e. The highest BCUT2D eigenvalue weighted by atomic mass is 32.2. The van der Waals surface area contributed by atoms with Gasteiger partial charge >= 0.3 is 6.03 Å². The number of urea groups is 1. The molecule has 21 heavy (non-hydrogen) atoms. The number of carbonyl (C=O) groups excluding carboxylic acids is 3. The maximum atomic E-state index is 12.1. The Morgan fingerprint density at radius 3 is 2.48 bits per heavy atom. The van der Waals surface area contributed by atoms with Crippen LogP contribution in [0.5, 0.6) is 0 Å². The molecule has 0 saturated heterocycles. The fraction of sp³-hybridized carbons (Fsp3) is 0.643. The van der Waals surface area contributed by atoms with Crippen molar-refractivity contribution in [3.63, 3.8) is 0 Å². The molecule has 0 saturated carbocycles. The average Bonchev–Trinajstić information content (AvgIpc) is 2.39. The third-order valence-corrected chi connectivity index (χ3v) is 3.50. The standard InChI is InChI=1S/C14H25N3O3S/c1-5-9-17(14(2,3)4)13(20)16-7-6-12(19)21-10-8-15-11-18/h5,11H,1,6-10H2,2-4H3,(H,15,18)(H,16,20). The number of hydrogen-bond donors (Lipinski definition) is 2. The highest BCUT2D eigenvalue weighted by Crippen LogP contribution is 2.13. The summed E-state index contributed by atoms with van der Waals surface area (Å²) in [5, 5.41) is 5.22. The van der Waals surface area contributed by atoms with E-state index in [0.717, 1.165) is 11.8 Å². The van der Waals surface area contributed by atoms with Crippen molar-refractivity contribution in [3.05, 3.63) is 12.7 Å². The van der Waals surface area contributed by atoms with Crippen molar-refractivity contribution in [2.75, 3.05) is 25.4 Å². The first kappa shape index (κ1) is 19.5. The van der Waals surface area contributed by atoms with Gasteiger partial charge in [-0.25, -0.2) is 4.79 Å². The molecular formula is C14H25N3O3S. The van der Waals surface area contributed by atoms with Crippen molar-refractivity contribution in [3.8, 4) is 0 Å². The summed E-state index contributed by atoms with van der Waals surface area (Å²) >= 11 is 1.15. The molecule has 120 valence electrons. The van der Waals surface area contributed by atoms with Crippen LogP contribution in [0.1, 0.15) is 27.2 Å². The molecule has 0 aliphatic rings. The van der Waals surface area contributed by atoms with Crippen molar-refractivity contribution < 1.29 is 14.4 Å². The first-order valence-corrected chi connectivity index (χ1v) is 7.80. The van der Waals surface area contributed by atoms with Crippen LogP contribution < -0.4 is 10.6 Å². The Morgan fingerprint density at radius 1 is 1.29 bits per heavy atom. The van der Waals surface area contributed by atoms with Crippen LogP contribution in [0.2, 0.25) is 0 Å². The second kappa shape index (κ2) is 10.3. The minimum Gasteiger partial charge on any atom is -0.358 e. The molecule has 7 heteroatoms. The second-order valence-corrected chi connectivity index (χ2v) is 6.50. The molecule has 0 radical (unpaired) electrons. The van der Waals surface area contributed by atoms with E-state index >= 15 is 0 Å². The van der Waals surface area contributed by atoms with Gasteiger partial charge in [-0.1, -0.05) is 17.8 Å². The maximum Gasteiger partial charge on any atom is 0.318 e. The van der Waals surface area contributed by atoms with Crippen LogP contribution in [0.4, 0.5) is 4.79 Å². The fourth-order valence-corrected chi connectivity index (χ4v) is 2.21. The predicted octanol–water partition coefficient (Wildman–Crippen LogP) is 1.38. The molecule has 0 aromatic carbocycles. The lowest BCUT2D eigenvalue weighted by Crippen LogP contribution is -2.50. The third kappa shape index (κ3) is 9.12. The number of nitrogens with zero attached hydrogens (tertiary/aromatic N) is 1. The van der Waals surface area contributed by atoms with Crippen LogP contribution in [0.15, 0.2) is 12.7 Å². The summed E-state index contributed by atoms with van der Waals surface area (Å²) in [5.41, 5.74) is -0.308. The molecule has 0 rings (SSSR count). The molecule has 0 aliphatic heterocycles. The van der Waals surface area contributed by atoms with Crippen molar-refractivity contribution in [1.29, 1.82) is 0 Å². The number of rotatable bonds is 9. The van der Waals surface area contributed by atoms with E-state index in [4.69, 9.17) is 0 Å². The van der Waals surface area contributed by atoms with Crippen molar-refractivity contribution >= 4 is 29.3 Å². The summed E-state index contributed by atoms with van der Waals surface area (Å²) in [6.07, 6.45) is 2.54. The number of amides is 3. The van der Waals surface area contributed by atoms with Crippen molar-refractivity contribution in [2.24, 2.45) is 0 Å². The highest BCUT2D eigenvalue weighted by molar-refractivity contribution is 8.13. The molecule has 3 amide bonds. The summed E-state index contributed by atoms with van der Waals surface area (Å²) in [6.45, 7) is 10.7. The Kier molecular flexibility index (Phi) is 9.53. The molecule has 0 spiro atoms. The van der Waals surface area contributed by atoms with Gasteiger partial charge in [0.25, 0.3) is 0 Å². The van der Waals surface area contributed by atoms with Crippen LogP contribution in [0.25, 0.3) is 0 Å². The van der Waals surface area contributed by atoms with Crippen LogP contribution in [-0.2, 0) is 9.59 Å². The molecule has 0 unspecified atom stereocenters. The third-order valence-electron chi connectivity index (χ3n) is 2.56. The monoisotopic (exact) mass is 315 g/mol. The largest absolute Gasteiger partial charge is 0.358 e. The highest BCUT2D eigenvalue weighted by Gasteiger charge is 2.24. The first-order chi connectivity index (χ1) is 9.82. The number of carbonyl (C=O) groups is 3. The van der Waals surface area contributed by atoms with Gasteiger partial charge in [-0.2, -0.15) is 0 Å². The SMILES string of the molecule is C=CCN(C(=O)NCCC(=O)SCCNC=O)C(C)(C)C. The molecule has 0 aliphatic carbocycles. The molecule has 0 bridgehead atoms. The number of hydrogen-bond acceptors (Lipinski definition) is 4. The molecule has 0 aromatic rings. The van der Waals surface area contributed by atoms with Crippen LogP contribution >= 0.6 is 11.8 Å². The van der Waals surface area contributed by atoms with Crippen LogP contribution in [-0.4, -0.2) is 53.4 Å². The topological polar surface area (TPSA) is 78.5 Å². The van der Waals surface area contributed by atoms with Crippen molar-refractivity contribution in [1.82, 2.24) is 15.5 Å². The Balaban J connectivity index is 4.03. The van der Waals surface area contributed by atoms with E-state index in [0.29, 0.717) is 31.8 Å². The summed E-state index contributed by atoms with van der Waals surface area (Å²) in [5.74, 6) is 0.538. The van der Waals surface area contributed by atoms with Gasteiger partial charge in [0.2, 0.25) is 6.41 Å². The van der Waals surface area contributed by atoms with E-state index in [9.17, 15) is 14.4 Å². The molecule has 0 heterocycles. The summed E-state index contributed by atoms with van der Waals surface area (Å²) < 4.78 is 0. The minimum absolute atomic E-state index is 0.00553. The molecule has 0 atom stereocenters. The van der Waals surface area contributed by atoms with Gasteiger partial charge in [-0.3, -0.25) is 9.59 Å². The summed E-state index contributed by atoms with van der Waals surface area (Å²) in [6, 6.07) is -0.206. The quantitative estimate of drug-likeness (QED) is 0.383. The zero-order chi connectivity index (χ0) is 16.3. The first-order valence-electron chi connectivity index (χ1n) is 6.82. The normalized spacial score (nSPS) is 10.6. The molecule has 6 nitrogen and oxygen atoms in total. The van der Waals surface area contributed by atoms with E-state index in [2.05, 4.69) is 17.2 Å². The maximum absolute atomic E-state index is 12.1. The molecule has 0 fully saturated rings. The van der Waals surface area contributed by atoms with Crippen molar-refractivity contribution in [2.45, 2.75) is 32.7 Å².